The Kier molecular flexibility index (Phi) is 11.6. The van der Waals surface area contributed by atoms with Crippen molar-refractivity contribution in [3.8, 4) is 0 Å². The molecule has 0 spiro atoms. The number of hydrogen-bond acceptors (Lipinski definition) is 3. The highest BCUT2D eigenvalue weighted by Crippen LogP contribution is 2.33. The zero-order valence-corrected chi connectivity index (χ0v) is 25.8. The second kappa shape index (κ2) is 14.9. The average molecular weight is 594 g/mol. The van der Waals surface area contributed by atoms with Crippen molar-refractivity contribution in [2.75, 3.05) is 17.2 Å². The van der Waals surface area contributed by atoms with E-state index in [-0.39, 0.29) is 11.5 Å². The molecule has 43 heavy (non-hydrogen) atoms. The van der Waals surface area contributed by atoms with Gasteiger partial charge >= 0.3 is 6.18 Å². The van der Waals surface area contributed by atoms with E-state index in [1.807, 2.05) is 13.0 Å². The van der Waals surface area contributed by atoms with Crippen LogP contribution >= 0.6 is 0 Å². The molecule has 3 rings (SSSR count). The third-order valence-electron chi connectivity index (χ3n) is 7.37. The van der Waals surface area contributed by atoms with Crippen LogP contribution in [0.4, 0.5) is 24.5 Å². The van der Waals surface area contributed by atoms with Crippen molar-refractivity contribution in [2.24, 2.45) is 5.92 Å². The number of alkyl halides is 3. The van der Waals surface area contributed by atoms with Crippen LogP contribution in [-0.4, -0.2) is 18.4 Å². The fourth-order valence-corrected chi connectivity index (χ4v) is 4.76. The lowest BCUT2D eigenvalue weighted by molar-refractivity contribution is -0.137. The Labute approximate surface area is 253 Å². The standard InChI is InChI=1S/C35H42F3N3O2/c1-7-9-19-39-32-29(17-13-22(3)4)24(6)25(8-2)15-18-30(32)34(43)41-31-21-28(16-14-23(31)5)40-33(42)26-11-10-12-27(20-26)35(36,37)38/h10-14,16-18,20-22,39H,7-9,15,19H2,1-6H3,(H,40,42)(H,41,43)/b17-13-. The second-order valence-corrected chi connectivity index (χ2v) is 11.1. The molecule has 2 aromatic rings. The van der Waals surface area contributed by atoms with E-state index in [9.17, 15) is 22.8 Å². The van der Waals surface area contributed by atoms with Gasteiger partial charge in [0.15, 0.2) is 0 Å². The molecule has 0 radical (unpaired) electrons. The van der Waals surface area contributed by atoms with Crippen molar-refractivity contribution in [2.45, 2.75) is 73.4 Å². The maximum absolute atomic E-state index is 13.9. The number of allylic oxidation sites excluding steroid dienone is 6. The van der Waals surface area contributed by atoms with E-state index < -0.39 is 17.6 Å². The van der Waals surface area contributed by atoms with Gasteiger partial charge in [0.1, 0.15) is 0 Å². The van der Waals surface area contributed by atoms with Crippen LogP contribution in [-0.2, 0) is 11.0 Å². The van der Waals surface area contributed by atoms with Crippen molar-refractivity contribution in [1.29, 1.82) is 0 Å². The summed E-state index contributed by atoms with van der Waals surface area (Å²) >= 11 is 0. The molecule has 3 N–H and O–H groups in total. The Balaban J connectivity index is 1.94. The summed E-state index contributed by atoms with van der Waals surface area (Å²) in [6, 6.07) is 9.26. The van der Waals surface area contributed by atoms with Gasteiger partial charge in [-0.3, -0.25) is 9.59 Å². The molecule has 0 aliphatic heterocycles. The van der Waals surface area contributed by atoms with Crippen molar-refractivity contribution >= 4 is 23.2 Å². The monoisotopic (exact) mass is 593 g/mol. The SMILES string of the molecule is CCCCNC1=C(/C=C\C(C)C)C(C)=C(CC)CC=C1C(=O)Nc1cc(NC(=O)c2cccc(C(F)(F)F)c2)ccc1C. The van der Waals surface area contributed by atoms with Gasteiger partial charge in [-0.05, 0) is 80.5 Å². The number of anilines is 2. The molecule has 5 nitrogen and oxygen atoms in total. The van der Waals surface area contributed by atoms with Gasteiger partial charge in [-0.2, -0.15) is 13.2 Å². The molecule has 1 aliphatic rings. The summed E-state index contributed by atoms with van der Waals surface area (Å²) in [6.45, 7) is 13.1. The van der Waals surface area contributed by atoms with Crippen LogP contribution in [0.15, 0.2) is 88.7 Å². The Morgan fingerprint density at radius 3 is 2.40 bits per heavy atom. The van der Waals surface area contributed by atoms with Gasteiger partial charge in [-0.25, -0.2) is 0 Å². The van der Waals surface area contributed by atoms with Crippen molar-refractivity contribution in [1.82, 2.24) is 5.32 Å². The minimum Gasteiger partial charge on any atom is -0.384 e. The third kappa shape index (κ3) is 8.96. The first-order valence-electron chi connectivity index (χ1n) is 14.8. The number of benzene rings is 2. The molecule has 0 bridgehead atoms. The zero-order chi connectivity index (χ0) is 31.7. The molecule has 1 aliphatic carbocycles. The molecular formula is C35H42F3N3O2. The molecule has 0 unspecified atom stereocenters. The smallest absolute Gasteiger partial charge is 0.384 e. The summed E-state index contributed by atoms with van der Waals surface area (Å²) in [4.78, 5) is 26.7. The third-order valence-corrected chi connectivity index (χ3v) is 7.37. The van der Waals surface area contributed by atoms with Crippen molar-refractivity contribution in [3.63, 3.8) is 0 Å². The number of rotatable bonds is 11. The molecule has 0 saturated carbocycles. The fraction of sp³-hybridized carbons (Fsp3) is 0.371. The molecule has 0 aromatic heterocycles. The van der Waals surface area contributed by atoms with Crippen LogP contribution in [0, 0.1) is 12.8 Å². The van der Waals surface area contributed by atoms with Gasteiger partial charge < -0.3 is 16.0 Å². The number of halogens is 3. The highest BCUT2D eigenvalue weighted by atomic mass is 19.4. The predicted octanol–water partition coefficient (Wildman–Crippen LogP) is 9.12. The predicted molar refractivity (Wildman–Crippen MR) is 169 cm³/mol. The van der Waals surface area contributed by atoms with E-state index in [0.29, 0.717) is 29.3 Å². The topological polar surface area (TPSA) is 70.2 Å². The minimum absolute atomic E-state index is 0.117. The van der Waals surface area contributed by atoms with Crippen LogP contribution < -0.4 is 16.0 Å². The summed E-state index contributed by atoms with van der Waals surface area (Å²) in [5, 5.41) is 9.22. The van der Waals surface area contributed by atoms with Crippen LogP contribution in [0.3, 0.4) is 0 Å². The van der Waals surface area contributed by atoms with Crippen LogP contribution in [0.1, 0.15) is 81.8 Å². The Bertz CT molecular complexity index is 1460. The highest BCUT2D eigenvalue weighted by molar-refractivity contribution is 6.08. The lowest BCUT2D eigenvalue weighted by Gasteiger charge is -2.19. The van der Waals surface area contributed by atoms with E-state index >= 15 is 0 Å². The molecule has 8 heteroatoms. The first kappa shape index (κ1) is 33.4. The maximum Gasteiger partial charge on any atom is 0.416 e. The van der Waals surface area contributed by atoms with E-state index in [2.05, 4.69) is 62.7 Å². The average Bonchev–Trinajstić information content (AvgIpc) is 3.09. The Morgan fingerprint density at radius 2 is 1.74 bits per heavy atom. The molecule has 2 amide bonds. The second-order valence-electron chi connectivity index (χ2n) is 11.1. The molecule has 0 heterocycles. The van der Waals surface area contributed by atoms with Crippen LogP contribution in [0.25, 0.3) is 0 Å². The van der Waals surface area contributed by atoms with Gasteiger partial charge in [0.25, 0.3) is 11.8 Å². The van der Waals surface area contributed by atoms with Crippen LogP contribution in [0.5, 0.6) is 0 Å². The highest BCUT2D eigenvalue weighted by Gasteiger charge is 2.31. The van der Waals surface area contributed by atoms with Crippen molar-refractivity contribution < 1.29 is 22.8 Å². The van der Waals surface area contributed by atoms with Crippen molar-refractivity contribution in [3.05, 3.63) is 105 Å². The largest absolute Gasteiger partial charge is 0.416 e. The number of carbonyl (C=O) groups excluding carboxylic acids is 2. The maximum atomic E-state index is 13.9. The number of amides is 2. The van der Waals surface area contributed by atoms with Crippen LogP contribution in [0.2, 0.25) is 0 Å². The fourth-order valence-electron chi connectivity index (χ4n) is 4.76. The molecular weight excluding hydrogens is 551 g/mol. The Hall–Kier alpha value is -4.07. The van der Waals surface area contributed by atoms with E-state index in [1.54, 1.807) is 18.2 Å². The number of hydrogen-bond donors (Lipinski definition) is 3. The van der Waals surface area contributed by atoms with Gasteiger partial charge in [-0.1, -0.05) is 70.0 Å². The first-order valence-corrected chi connectivity index (χ1v) is 14.8. The first-order chi connectivity index (χ1) is 20.3. The number of carbonyl (C=O) groups is 2. The number of aryl methyl sites for hydroxylation is 1. The quantitative estimate of drug-likeness (QED) is 0.228. The lowest BCUT2D eigenvalue weighted by atomic mass is 9.96. The summed E-state index contributed by atoms with van der Waals surface area (Å²) in [7, 11) is 0. The molecule has 0 saturated heterocycles. The number of unbranched alkanes of at least 4 members (excludes halogenated alkanes) is 1. The molecule has 2 aromatic carbocycles. The molecule has 230 valence electrons. The zero-order valence-electron chi connectivity index (χ0n) is 25.8. The molecule has 0 fully saturated rings. The van der Waals surface area contributed by atoms with Gasteiger partial charge in [0.2, 0.25) is 0 Å². The minimum atomic E-state index is -4.56. The normalized spacial score (nSPS) is 14.2. The summed E-state index contributed by atoms with van der Waals surface area (Å²) in [6.07, 6.45) is 5.13. The summed E-state index contributed by atoms with van der Waals surface area (Å²) < 4.78 is 39.4. The molecule has 0 atom stereocenters. The van der Waals surface area contributed by atoms with E-state index in [4.69, 9.17) is 0 Å². The van der Waals surface area contributed by atoms with Gasteiger partial charge in [0.05, 0.1) is 16.8 Å². The van der Waals surface area contributed by atoms with Gasteiger partial charge in [0, 0.05) is 29.1 Å². The van der Waals surface area contributed by atoms with Gasteiger partial charge in [-0.15, -0.1) is 0 Å². The lowest BCUT2D eigenvalue weighted by Crippen LogP contribution is -2.25. The van der Waals surface area contributed by atoms with E-state index in [1.165, 1.54) is 17.7 Å². The van der Waals surface area contributed by atoms with E-state index in [0.717, 1.165) is 60.3 Å². The number of nitrogens with one attached hydrogen (secondary N) is 3. The summed E-state index contributed by atoms with van der Waals surface area (Å²) in [5.41, 5.74) is 5.34. The summed E-state index contributed by atoms with van der Waals surface area (Å²) in [5.74, 6) is -0.633. The Morgan fingerprint density at radius 1 is 1.00 bits per heavy atom.